The number of hydroxylamine groups is 1. The molecule has 2 aromatic heterocycles. The van der Waals surface area contributed by atoms with Crippen LogP contribution in [0.15, 0.2) is 18.5 Å². The fraction of sp³-hybridized carbons (Fsp3) is 0.524. The highest BCUT2D eigenvalue weighted by Crippen LogP contribution is 2.36. The second kappa shape index (κ2) is 8.54. The Morgan fingerprint density at radius 3 is 2.55 bits per heavy atom. The van der Waals surface area contributed by atoms with Gasteiger partial charge in [0.2, 0.25) is 0 Å². The number of pyridine rings is 1. The molecule has 1 saturated carbocycles. The van der Waals surface area contributed by atoms with Gasteiger partial charge in [0, 0.05) is 38.4 Å². The molecule has 2 amide bonds. The number of rotatable bonds is 6. The molecule has 4 rings (SSSR count). The van der Waals surface area contributed by atoms with E-state index in [-0.39, 0.29) is 0 Å². The van der Waals surface area contributed by atoms with Gasteiger partial charge in [0.1, 0.15) is 0 Å². The smallest absolute Gasteiger partial charge is 0.271 e. The lowest BCUT2D eigenvalue weighted by Crippen LogP contribution is -2.55. The quantitative estimate of drug-likeness (QED) is 0.513. The predicted molar refractivity (Wildman–Crippen MR) is 117 cm³/mol. The lowest BCUT2D eigenvalue weighted by molar-refractivity contribution is -0.156. The average molecular weight is 428 g/mol. The van der Waals surface area contributed by atoms with Crippen LogP contribution in [0.1, 0.15) is 44.6 Å². The number of carbonyl (C=O) groups excluding carboxylic acids is 2. The molecule has 0 aromatic carbocycles. The van der Waals surface area contributed by atoms with Crippen LogP contribution in [-0.4, -0.2) is 52.3 Å². The summed E-state index contributed by atoms with van der Waals surface area (Å²) in [6.45, 7) is 2.73. The van der Waals surface area contributed by atoms with E-state index in [2.05, 4.69) is 31.5 Å². The molecule has 0 bridgehead atoms. The van der Waals surface area contributed by atoms with E-state index in [4.69, 9.17) is 4.84 Å². The number of aromatic nitrogens is 3. The van der Waals surface area contributed by atoms with Gasteiger partial charge < -0.3 is 16.0 Å². The molecule has 2 aliphatic rings. The lowest BCUT2D eigenvalue weighted by atomic mass is 9.94. The minimum absolute atomic E-state index is 0.341. The van der Waals surface area contributed by atoms with Gasteiger partial charge in [0.05, 0.1) is 23.0 Å². The van der Waals surface area contributed by atoms with Gasteiger partial charge in [-0.15, -0.1) is 0 Å². The summed E-state index contributed by atoms with van der Waals surface area (Å²) in [6.07, 6.45) is 10.9. The van der Waals surface area contributed by atoms with Gasteiger partial charge >= 0.3 is 0 Å². The molecule has 1 aliphatic carbocycles. The van der Waals surface area contributed by atoms with Crippen molar-refractivity contribution in [3.05, 3.63) is 24.0 Å². The maximum absolute atomic E-state index is 12.5. The molecule has 3 heterocycles. The first-order valence-electron chi connectivity index (χ1n) is 10.8. The monoisotopic (exact) mass is 427 g/mol. The fourth-order valence-electron chi connectivity index (χ4n) is 4.30. The first-order valence-corrected chi connectivity index (χ1v) is 10.8. The van der Waals surface area contributed by atoms with Crippen LogP contribution in [-0.2, 0) is 21.0 Å². The Morgan fingerprint density at radius 2 is 1.90 bits per heavy atom. The predicted octanol–water partition coefficient (Wildman–Crippen LogP) is 1.30. The molecule has 1 fully saturated rings. The Hall–Kier alpha value is -3.14. The van der Waals surface area contributed by atoms with E-state index >= 15 is 0 Å². The Bertz CT molecular complexity index is 1010. The normalized spacial score (nSPS) is 18.4. The summed E-state index contributed by atoms with van der Waals surface area (Å²) in [6, 6.07) is 0.341. The largest absolute Gasteiger partial charge is 0.381 e. The summed E-state index contributed by atoms with van der Waals surface area (Å²) in [4.78, 5) is 35.3. The molecule has 4 N–H and O–H groups in total. The zero-order valence-corrected chi connectivity index (χ0v) is 18.1. The molecule has 0 radical (unpaired) electrons. The number of hydrogen-bond donors (Lipinski definition) is 4. The summed E-state index contributed by atoms with van der Waals surface area (Å²) >= 11 is 0. The standard InChI is InChI=1S/C21H29N7O3/c1-4-28-18-15(12-25-28)17(26-13-8-6-5-7-9-13)14(11-24-18)16-10-21(31-27-16,19(29)22-2)20(30)23-3/h10-13,27H,4-9H2,1-3H3,(H,22,29)(H,23,30)(H,24,26). The number of carbonyl (C=O) groups is 2. The summed E-state index contributed by atoms with van der Waals surface area (Å²) in [5.74, 6) is -1.13. The Labute approximate surface area is 180 Å². The molecule has 0 saturated heterocycles. The maximum Gasteiger partial charge on any atom is 0.271 e. The van der Waals surface area contributed by atoms with Crippen molar-refractivity contribution < 1.29 is 14.4 Å². The van der Waals surface area contributed by atoms with Crippen LogP contribution in [0.4, 0.5) is 5.69 Å². The Kier molecular flexibility index (Phi) is 5.81. The number of likely N-dealkylation sites (N-methyl/N-ethyl adjacent to an activating group) is 2. The molecular formula is C21H29N7O3. The van der Waals surface area contributed by atoms with E-state index in [1.165, 1.54) is 39.4 Å². The summed E-state index contributed by atoms with van der Waals surface area (Å²) in [5.41, 5.74) is 3.88. The van der Waals surface area contributed by atoms with Gasteiger partial charge in [-0.2, -0.15) is 5.10 Å². The van der Waals surface area contributed by atoms with Crippen LogP contribution in [0.2, 0.25) is 0 Å². The van der Waals surface area contributed by atoms with Crippen molar-refractivity contribution in [3.8, 4) is 0 Å². The van der Waals surface area contributed by atoms with Crippen molar-refractivity contribution in [2.24, 2.45) is 0 Å². The van der Waals surface area contributed by atoms with E-state index in [9.17, 15) is 9.59 Å². The first kappa shape index (κ1) is 21.1. The van der Waals surface area contributed by atoms with Gasteiger partial charge in [0.25, 0.3) is 17.4 Å². The van der Waals surface area contributed by atoms with E-state index < -0.39 is 17.4 Å². The van der Waals surface area contributed by atoms with Crippen LogP contribution < -0.4 is 21.4 Å². The van der Waals surface area contributed by atoms with Crippen LogP contribution in [0, 0.1) is 0 Å². The van der Waals surface area contributed by atoms with Gasteiger partial charge in [-0.25, -0.2) is 14.5 Å². The highest BCUT2D eigenvalue weighted by molar-refractivity contribution is 6.12. The molecule has 0 unspecified atom stereocenters. The summed E-state index contributed by atoms with van der Waals surface area (Å²) in [5, 5.41) is 14.0. The Morgan fingerprint density at radius 1 is 1.19 bits per heavy atom. The lowest BCUT2D eigenvalue weighted by Gasteiger charge is -2.25. The van der Waals surface area contributed by atoms with E-state index in [1.54, 1.807) is 6.20 Å². The molecule has 10 nitrogen and oxygen atoms in total. The number of fused-ring (bicyclic) bond motifs is 1. The zero-order valence-electron chi connectivity index (χ0n) is 18.1. The second-order valence-electron chi connectivity index (χ2n) is 7.88. The van der Waals surface area contributed by atoms with E-state index in [0.717, 1.165) is 35.1 Å². The first-order chi connectivity index (χ1) is 15.0. The van der Waals surface area contributed by atoms with Gasteiger partial charge in [-0.3, -0.25) is 15.1 Å². The van der Waals surface area contributed by atoms with Crippen LogP contribution >= 0.6 is 0 Å². The van der Waals surface area contributed by atoms with Gasteiger partial charge in [0.15, 0.2) is 5.65 Å². The number of amides is 2. The molecule has 31 heavy (non-hydrogen) atoms. The van der Waals surface area contributed by atoms with Crippen LogP contribution in [0.3, 0.4) is 0 Å². The molecule has 10 heteroatoms. The second-order valence-corrected chi connectivity index (χ2v) is 7.88. The van der Waals surface area contributed by atoms with Gasteiger partial charge in [-0.1, -0.05) is 19.3 Å². The fourth-order valence-corrected chi connectivity index (χ4v) is 4.30. The topological polar surface area (TPSA) is 122 Å². The van der Waals surface area contributed by atoms with Crippen molar-refractivity contribution in [3.63, 3.8) is 0 Å². The minimum Gasteiger partial charge on any atom is -0.381 e. The van der Waals surface area contributed by atoms with Crippen molar-refractivity contribution in [2.75, 3.05) is 19.4 Å². The number of aryl methyl sites for hydroxylation is 1. The van der Waals surface area contributed by atoms with Crippen molar-refractivity contribution >= 4 is 34.2 Å². The van der Waals surface area contributed by atoms with Gasteiger partial charge in [-0.05, 0) is 25.8 Å². The molecular weight excluding hydrogens is 398 g/mol. The van der Waals surface area contributed by atoms with Crippen LogP contribution in [0.25, 0.3) is 16.7 Å². The Balaban J connectivity index is 1.82. The van der Waals surface area contributed by atoms with Crippen molar-refractivity contribution in [1.82, 2.24) is 30.9 Å². The number of nitrogens with zero attached hydrogens (tertiary/aromatic N) is 3. The number of hydrogen-bond acceptors (Lipinski definition) is 7. The number of nitrogens with one attached hydrogen (secondary N) is 4. The summed E-state index contributed by atoms with van der Waals surface area (Å²) < 4.78 is 1.84. The molecule has 166 valence electrons. The minimum atomic E-state index is -1.80. The molecule has 2 aromatic rings. The summed E-state index contributed by atoms with van der Waals surface area (Å²) in [7, 11) is 2.93. The third-order valence-corrected chi connectivity index (χ3v) is 6.01. The SMILES string of the molecule is CCn1ncc2c(NC3CCCCC3)c(C3=CC(C(=O)NC)(C(=O)NC)ON3)cnc21. The molecule has 0 spiro atoms. The van der Waals surface area contributed by atoms with E-state index in [0.29, 0.717) is 18.3 Å². The zero-order chi connectivity index (χ0) is 22.0. The highest BCUT2D eigenvalue weighted by atomic mass is 16.7. The van der Waals surface area contributed by atoms with E-state index in [1.807, 2.05) is 17.8 Å². The number of anilines is 1. The van der Waals surface area contributed by atoms with Crippen LogP contribution in [0.5, 0.6) is 0 Å². The maximum atomic E-state index is 12.5. The average Bonchev–Trinajstić information content (AvgIpc) is 3.44. The van der Waals surface area contributed by atoms with Crippen molar-refractivity contribution in [1.29, 1.82) is 0 Å². The van der Waals surface area contributed by atoms with Crippen molar-refractivity contribution in [2.45, 2.75) is 57.2 Å². The molecule has 1 aliphatic heterocycles. The third kappa shape index (κ3) is 3.60. The third-order valence-electron chi connectivity index (χ3n) is 6.01. The highest BCUT2D eigenvalue weighted by Gasteiger charge is 2.49. The molecule has 0 atom stereocenters.